The number of aromatic nitrogens is 2. The first-order valence-corrected chi connectivity index (χ1v) is 8.94. The lowest BCUT2D eigenvalue weighted by Crippen LogP contribution is -2.12. The van der Waals surface area contributed by atoms with Crippen molar-refractivity contribution in [2.24, 2.45) is 0 Å². The third-order valence-corrected chi connectivity index (χ3v) is 4.75. The molecular weight excluding hydrogens is 362 g/mol. The van der Waals surface area contributed by atoms with Gasteiger partial charge in [0.2, 0.25) is 0 Å². The van der Waals surface area contributed by atoms with E-state index in [1.54, 1.807) is 24.3 Å². The Labute approximate surface area is 161 Å². The molecule has 0 bridgehead atoms. The fraction of sp³-hybridized carbons (Fsp3) is 0.143. The van der Waals surface area contributed by atoms with Crippen LogP contribution >= 0.6 is 11.6 Å². The monoisotopic (exact) mass is 379 g/mol. The third-order valence-electron chi connectivity index (χ3n) is 4.51. The van der Waals surface area contributed by atoms with Gasteiger partial charge >= 0.3 is 0 Å². The molecule has 0 unspecified atom stereocenters. The Morgan fingerprint density at radius 1 is 1.07 bits per heavy atom. The lowest BCUT2D eigenvalue weighted by molar-refractivity contribution is 0.0998. The van der Waals surface area contributed by atoms with Gasteiger partial charge in [0.1, 0.15) is 5.58 Å². The summed E-state index contributed by atoms with van der Waals surface area (Å²) in [6, 6.07) is 15.0. The van der Waals surface area contributed by atoms with E-state index in [1.165, 1.54) is 5.56 Å². The fourth-order valence-corrected chi connectivity index (χ4v) is 3.24. The van der Waals surface area contributed by atoms with E-state index in [9.17, 15) is 4.79 Å². The Hall–Kier alpha value is -3.05. The van der Waals surface area contributed by atoms with Crippen LogP contribution in [-0.2, 0) is 0 Å². The quantitative estimate of drug-likeness (QED) is 0.515. The van der Waals surface area contributed by atoms with Crippen molar-refractivity contribution in [3.63, 3.8) is 0 Å². The molecule has 0 radical (unpaired) electrons. The van der Waals surface area contributed by atoms with Crippen LogP contribution in [0.25, 0.3) is 16.7 Å². The number of benzene rings is 2. The van der Waals surface area contributed by atoms with Gasteiger partial charge < -0.3 is 9.73 Å². The van der Waals surface area contributed by atoms with E-state index in [-0.39, 0.29) is 11.7 Å². The normalized spacial score (nSPS) is 11.1. The van der Waals surface area contributed by atoms with Gasteiger partial charge in [-0.3, -0.25) is 4.79 Å². The molecule has 1 N–H and O–H groups in total. The average Bonchev–Trinajstić information content (AvgIpc) is 3.18. The molecule has 4 aromatic rings. The van der Waals surface area contributed by atoms with Crippen LogP contribution in [-0.4, -0.2) is 15.7 Å². The first kappa shape index (κ1) is 17.4. The zero-order valence-corrected chi connectivity index (χ0v) is 16.0. The van der Waals surface area contributed by atoms with Gasteiger partial charge in [0.15, 0.2) is 5.76 Å². The highest BCUT2D eigenvalue weighted by molar-refractivity contribution is 6.31. The van der Waals surface area contributed by atoms with Gasteiger partial charge in [-0.1, -0.05) is 29.3 Å². The number of rotatable bonds is 3. The SMILES string of the molecule is Cc1ccc(-n2nc(C)c(NC(=O)c3cc4cc(Cl)ccc4o3)c2C)cc1. The Kier molecular flexibility index (Phi) is 4.24. The summed E-state index contributed by atoms with van der Waals surface area (Å²) in [7, 11) is 0. The number of halogens is 1. The molecule has 4 rings (SSSR count). The molecule has 0 spiro atoms. The van der Waals surface area contributed by atoms with Gasteiger partial charge in [-0.15, -0.1) is 0 Å². The van der Waals surface area contributed by atoms with E-state index in [2.05, 4.69) is 10.4 Å². The molecular formula is C21H18ClN3O2. The second-order valence-electron chi connectivity index (χ2n) is 6.54. The van der Waals surface area contributed by atoms with Crippen molar-refractivity contribution < 1.29 is 9.21 Å². The van der Waals surface area contributed by atoms with Crippen LogP contribution in [0, 0.1) is 20.8 Å². The van der Waals surface area contributed by atoms with Crippen LogP contribution in [0.2, 0.25) is 5.02 Å². The summed E-state index contributed by atoms with van der Waals surface area (Å²) in [5.74, 6) is -0.0915. The third kappa shape index (κ3) is 3.22. The Bertz CT molecular complexity index is 1160. The number of furan rings is 1. The number of aryl methyl sites for hydroxylation is 2. The standard InChI is InChI=1S/C21H18ClN3O2/c1-12-4-7-17(8-5-12)25-14(3)20(13(2)24-25)23-21(26)19-11-15-10-16(22)6-9-18(15)27-19/h4-11H,1-3H3,(H,23,26). The highest BCUT2D eigenvalue weighted by atomic mass is 35.5. The molecule has 6 heteroatoms. The first-order chi connectivity index (χ1) is 12.9. The minimum atomic E-state index is -0.322. The summed E-state index contributed by atoms with van der Waals surface area (Å²) in [5.41, 5.74) is 5.01. The molecule has 0 aliphatic rings. The number of anilines is 1. The number of nitrogens with one attached hydrogen (secondary N) is 1. The number of hydrogen-bond acceptors (Lipinski definition) is 3. The summed E-state index contributed by atoms with van der Waals surface area (Å²) in [6.07, 6.45) is 0. The van der Waals surface area contributed by atoms with Crippen LogP contribution in [0.5, 0.6) is 0 Å². The van der Waals surface area contributed by atoms with Crippen molar-refractivity contribution in [2.45, 2.75) is 20.8 Å². The summed E-state index contributed by atoms with van der Waals surface area (Å²) in [4.78, 5) is 12.7. The maximum atomic E-state index is 12.7. The smallest absolute Gasteiger partial charge is 0.291 e. The highest BCUT2D eigenvalue weighted by Crippen LogP contribution is 2.26. The number of carbonyl (C=O) groups is 1. The van der Waals surface area contributed by atoms with Crippen molar-refractivity contribution in [1.82, 2.24) is 9.78 Å². The lowest BCUT2D eigenvalue weighted by atomic mass is 10.2. The fourth-order valence-electron chi connectivity index (χ4n) is 3.06. The van der Waals surface area contributed by atoms with Gasteiger partial charge in [-0.25, -0.2) is 4.68 Å². The molecule has 2 heterocycles. The van der Waals surface area contributed by atoms with Crippen molar-refractivity contribution in [1.29, 1.82) is 0 Å². The Morgan fingerprint density at radius 2 is 1.81 bits per heavy atom. The van der Waals surface area contributed by atoms with Crippen LogP contribution in [0.4, 0.5) is 5.69 Å². The van der Waals surface area contributed by atoms with Crippen LogP contribution in [0.15, 0.2) is 52.9 Å². The number of amides is 1. The van der Waals surface area contributed by atoms with Gasteiger partial charge in [-0.05, 0) is 57.2 Å². The molecule has 2 aromatic heterocycles. The molecule has 27 heavy (non-hydrogen) atoms. The Morgan fingerprint density at radius 3 is 2.56 bits per heavy atom. The number of nitrogens with zero attached hydrogens (tertiary/aromatic N) is 2. The van der Waals surface area contributed by atoms with Crippen molar-refractivity contribution >= 4 is 34.2 Å². The average molecular weight is 380 g/mol. The molecule has 0 saturated carbocycles. The topological polar surface area (TPSA) is 60.1 Å². The summed E-state index contributed by atoms with van der Waals surface area (Å²) in [5, 5.41) is 8.87. The van der Waals surface area contributed by atoms with E-state index in [4.69, 9.17) is 16.0 Å². The molecule has 0 aliphatic heterocycles. The Balaban J connectivity index is 1.65. The van der Waals surface area contributed by atoms with E-state index < -0.39 is 0 Å². The number of carbonyl (C=O) groups excluding carboxylic acids is 1. The molecule has 136 valence electrons. The maximum absolute atomic E-state index is 12.7. The van der Waals surface area contributed by atoms with Crippen LogP contribution in [0.1, 0.15) is 27.5 Å². The minimum Gasteiger partial charge on any atom is -0.451 e. The molecule has 0 atom stereocenters. The van der Waals surface area contributed by atoms with Crippen LogP contribution in [0.3, 0.4) is 0 Å². The van der Waals surface area contributed by atoms with Gasteiger partial charge in [0.25, 0.3) is 5.91 Å². The van der Waals surface area contributed by atoms with Crippen molar-refractivity contribution in [3.05, 3.63) is 76.3 Å². The van der Waals surface area contributed by atoms with E-state index in [0.29, 0.717) is 16.3 Å². The predicted octanol–water partition coefficient (Wildman–Crippen LogP) is 5.45. The zero-order chi connectivity index (χ0) is 19.1. The van der Waals surface area contributed by atoms with Gasteiger partial charge in [0.05, 0.1) is 22.8 Å². The molecule has 2 aromatic carbocycles. The van der Waals surface area contributed by atoms with Crippen molar-refractivity contribution in [2.75, 3.05) is 5.32 Å². The molecule has 1 amide bonds. The summed E-state index contributed by atoms with van der Waals surface area (Å²) < 4.78 is 7.47. The molecule has 5 nitrogen and oxygen atoms in total. The van der Waals surface area contributed by atoms with Crippen molar-refractivity contribution in [3.8, 4) is 5.69 Å². The van der Waals surface area contributed by atoms with E-state index in [1.807, 2.05) is 49.7 Å². The van der Waals surface area contributed by atoms with E-state index >= 15 is 0 Å². The highest BCUT2D eigenvalue weighted by Gasteiger charge is 2.18. The number of fused-ring (bicyclic) bond motifs is 1. The largest absolute Gasteiger partial charge is 0.451 e. The minimum absolute atomic E-state index is 0.231. The van der Waals surface area contributed by atoms with Gasteiger partial charge in [0, 0.05) is 10.4 Å². The molecule has 0 fully saturated rings. The predicted molar refractivity (Wildman–Crippen MR) is 107 cm³/mol. The molecule has 0 saturated heterocycles. The van der Waals surface area contributed by atoms with Crippen LogP contribution < -0.4 is 5.32 Å². The van der Waals surface area contributed by atoms with Gasteiger partial charge in [-0.2, -0.15) is 5.10 Å². The number of hydrogen-bond donors (Lipinski definition) is 1. The first-order valence-electron chi connectivity index (χ1n) is 8.56. The second-order valence-corrected chi connectivity index (χ2v) is 6.98. The maximum Gasteiger partial charge on any atom is 0.291 e. The lowest BCUT2D eigenvalue weighted by Gasteiger charge is -2.06. The zero-order valence-electron chi connectivity index (χ0n) is 15.2. The van der Waals surface area contributed by atoms with E-state index in [0.717, 1.165) is 22.5 Å². The summed E-state index contributed by atoms with van der Waals surface area (Å²) in [6.45, 7) is 5.83. The summed E-state index contributed by atoms with van der Waals surface area (Å²) >= 11 is 6.00. The second kappa shape index (κ2) is 6.59. The molecule has 0 aliphatic carbocycles.